The van der Waals surface area contributed by atoms with E-state index in [1.165, 1.54) is 18.2 Å². The van der Waals surface area contributed by atoms with E-state index in [9.17, 15) is 9.59 Å². The van der Waals surface area contributed by atoms with Crippen LogP contribution in [0.15, 0.2) is 40.9 Å². The van der Waals surface area contributed by atoms with Gasteiger partial charge in [0, 0.05) is 4.47 Å². The summed E-state index contributed by atoms with van der Waals surface area (Å²) in [5.41, 5.74) is 6.64. The molecule has 0 unspecified atom stereocenters. The quantitative estimate of drug-likeness (QED) is 0.767. The van der Waals surface area contributed by atoms with Crippen LogP contribution in [0.3, 0.4) is 0 Å². The van der Waals surface area contributed by atoms with Crippen LogP contribution in [0.25, 0.3) is 0 Å². The van der Waals surface area contributed by atoms with Gasteiger partial charge < -0.3 is 16.2 Å². The van der Waals surface area contributed by atoms with Gasteiger partial charge in [0.2, 0.25) is 0 Å². The van der Waals surface area contributed by atoms with Crippen LogP contribution in [-0.2, 0) is 0 Å². The molecule has 2 aromatic rings. The Kier molecular flexibility index (Phi) is 4.50. The predicted molar refractivity (Wildman–Crippen MR) is 84.4 cm³/mol. The van der Waals surface area contributed by atoms with E-state index in [4.69, 9.17) is 22.4 Å². The Labute approximate surface area is 133 Å². The molecule has 7 heteroatoms. The predicted octanol–water partition coefficient (Wildman–Crippen LogP) is 3.64. The summed E-state index contributed by atoms with van der Waals surface area (Å²) in [7, 11) is 0. The van der Waals surface area contributed by atoms with Crippen LogP contribution >= 0.6 is 27.5 Å². The van der Waals surface area contributed by atoms with Crippen LogP contribution in [-0.4, -0.2) is 17.0 Å². The van der Waals surface area contributed by atoms with Crippen LogP contribution in [0.4, 0.5) is 11.4 Å². The molecule has 0 aromatic heterocycles. The first-order chi connectivity index (χ1) is 9.88. The fourth-order valence-corrected chi connectivity index (χ4v) is 2.32. The molecule has 0 saturated heterocycles. The number of benzene rings is 2. The first kappa shape index (κ1) is 15.3. The van der Waals surface area contributed by atoms with Gasteiger partial charge >= 0.3 is 5.97 Å². The monoisotopic (exact) mass is 368 g/mol. The van der Waals surface area contributed by atoms with Crippen molar-refractivity contribution in [3.63, 3.8) is 0 Å². The van der Waals surface area contributed by atoms with E-state index >= 15 is 0 Å². The Balaban J connectivity index is 2.40. The molecule has 0 radical (unpaired) electrons. The molecule has 1 amide bonds. The minimum atomic E-state index is -1.07. The average molecular weight is 370 g/mol. The van der Waals surface area contributed by atoms with Crippen molar-refractivity contribution < 1.29 is 14.7 Å². The highest BCUT2D eigenvalue weighted by molar-refractivity contribution is 9.10. The van der Waals surface area contributed by atoms with Gasteiger partial charge in [-0.2, -0.15) is 0 Å². The molecule has 0 heterocycles. The van der Waals surface area contributed by atoms with E-state index < -0.39 is 11.9 Å². The molecule has 0 saturated carbocycles. The first-order valence-corrected chi connectivity index (χ1v) is 6.95. The van der Waals surface area contributed by atoms with Crippen LogP contribution in [0.1, 0.15) is 20.7 Å². The number of carbonyl (C=O) groups excluding carboxylic acids is 1. The molecule has 0 atom stereocenters. The van der Waals surface area contributed by atoms with Crippen molar-refractivity contribution in [1.82, 2.24) is 0 Å². The van der Waals surface area contributed by atoms with E-state index in [-0.39, 0.29) is 10.6 Å². The van der Waals surface area contributed by atoms with E-state index in [1.807, 2.05) is 0 Å². The van der Waals surface area contributed by atoms with Crippen molar-refractivity contribution in [1.29, 1.82) is 0 Å². The molecule has 4 N–H and O–H groups in total. The zero-order chi connectivity index (χ0) is 15.6. The lowest BCUT2D eigenvalue weighted by molar-refractivity contribution is 0.0696. The molecule has 21 heavy (non-hydrogen) atoms. The summed E-state index contributed by atoms with van der Waals surface area (Å²) in [6, 6.07) is 9.22. The Morgan fingerprint density at radius 3 is 2.43 bits per heavy atom. The SMILES string of the molecule is NC(=O)c1ccc(Br)cc1Nc1ccc(C(=O)O)cc1Cl. The zero-order valence-corrected chi connectivity index (χ0v) is 12.9. The molecule has 2 rings (SSSR count). The maximum atomic E-state index is 11.4. The highest BCUT2D eigenvalue weighted by atomic mass is 79.9. The number of aromatic carboxylic acids is 1. The Hall–Kier alpha value is -2.05. The normalized spacial score (nSPS) is 10.2. The number of halogens is 2. The van der Waals surface area contributed by atoms with Crippen molar-refractivity contribution in [2.75, 3.05) is 5.32 Å². The van der Waals surface area contributed by atoms with Gasteiger partial charge in [0.25, 0.3) is 5.91 Å². The van der Waals surface area contributed by atoms with Gasteiger partial charge in [-0.1, -0.05) is 27.5 Å². The lowest BCUT2D eigenvalue weighted by Crippen LogP contribution is -2.13. The number of carbonyl (C=O) groups is 2. The minimum absolute atomic E-state index is 0.0786. The smallest absolute Gasteiger partial charge is 0.335 e. The van der Waals surface area contributed by atoms with E-state index in [0.717, 1.165) is 4.47 Å². The first-order valence-electron chi connectivity index (χ1n) is 5.77. The van der Waals surface area contributed by atoms with Gasteiger partial charge in [0.1, 0.15) is 0 Å². The second kappa shape index (κ2) is 6.15. The molecular weight excluding hydrogens is 360 g/mol. The van der Waals surface area contributed by atoms with Crippen molar-refractivity contribution >= 4 is 50.8 Å². The summed E-state index contributed by atoms with van der Waals surface area (Å²) < 4.78 is 0.758. The van der Waals surface area contributed by atoms with Gasteiger partial charge in [0.05, 0.1) is 27.5 Å². The van der Waals surface area contributed by atoms with E-state index in [0.29, 0.717) is 16.9 Å². The van der Waals surface area contributed by atoms with Crippen molar-refractivity contribution in [2.24, 2.45) is 5.73 Å². The third-order valence-corrected chi connectivity index (χ3v) is 3.54. The topological polar surface area (TPSA) is 92.4 Å². The number of anilines is 2. The minimum Gasteiger partial charge on any atom is -0.478 e. The van der Waals surface area contributed by atoms with Gasteiger partial charge in [-0.25, -0.2) is 4.79 Å². The van der Waals surface area contributed by atoms with E-state index in [2.05, 4.69) is 21.2 Å². The molecule has 0 fully saturated rings. The van der Waals surface area contributed by atoms with E-state index in [1.54, 1.807) is 18.2 Å². The Bertz CT molecular complexity index is 734. The molecular formula is C14H10BrClN2O3. The van der Waals surface area contributed by atoms with Crippen molar-refractivity contribution in [3.8, 4) is 0 Å². The fourth-order valence-electron chi connectivity index (χ4n) is 1.73. The molecule has 5 nitrogen and oxygen atoms in total. The maximum Gasteiger partial charge on any atom is 0.335 e. The molecule has 0 spiro atoms. The largest absolute Gasteiger partial charge is 0.478 e. The van der Waals surface area contributed by atoms with Crippen LogP contribution in [0.5, 0.6) is 0 Å². The second-order valence-electron chi connectivity index (χ2n) is 4.18. The number of carboxylic acids is 1. The maximum absolute atomic E-state index is 11.4. The average Bonchev–Trinajstić information content (AvgIpc) is 2.40. The third-order valence-electron chi connectivity index (χ3n) is 2.73. The number of nitrogens with two attached hydrogens (primary N) is 1. The summed E-state index contributed by atoms with van der Waals surface area (Å²) in [5, 5.41) is 12.1. The summed E-state index contributed by atoms with van der Waals surface area (Å²) in [6.45, 7) is 0. The number of rotatable bonds is 4. The van der Waals surface area contributed by atoms with Gasteiger partial charge in [-0.15, -0.1) is 0 Å². The zero-order valence-electron chi connectivity index (χ0n) is 10.6. The van der Waals surface area contributed by atoms with Crippen LogP contribution in [0.2, 0.25) is 5.02 Å². The van der Waals surface area contributed by atoms with Crippen LogP contribution < -0.4 is 11.1 Å². The highest BCUT2D eigenvalue weighted by Crippen LogP contribution is 2.29. The Morgan fingerprint density at radius 1 is 1.14 bits per heavy atom. The van der Waals surface area contributed by atoms with Crippen LogP contribution in [0, 0.1) is 0 Å². The number of nitrogens with one attached hydrogen (secondary N) is 1. The van der Waals surface area contributed by atoms with Gasteiger partial charge in [-0.3, -0.25) is 4.79 Å². The molecule has 0 aliphatic carbocycles. The standard InChI is InChI=1S/C14H10BrClN2O3/c15-8-2-3-9(13(17)19)12(6-8)18-11-4-1-7(14(20)21)5-10(11)16/h1-6,18H,(H2,17,19)(H,20,21). The number of hydrogen-bond acceptors (Lipinski definition) is 3. The summed E-state index contributed by atoms with van der Waals surface area (Å²) >= 11 is 9.35. The van der Waals surface area contributed by atoms with Gasteiger partial charge in [-0.05, 0) is 36.4 Å². The summed E-state index contributed by atoms with van der Waals surface area (Å²) in [6.07, 6.45) is 0. The lowest BCUT2D eigenvalue weighted by atomic mass is 10.1. The van der Waals surface area contributed by atoms with Crippen molar-refractivity contribution in [2.45, 2.75) is 0 Å². The van der Waals surface area contributed by atoms with Gasteiger partial charge in [0.15, 0.2) is 0 Å². The highest BCUT2D eigenvalue weighted by Gasteiger charge is 2.12. The lowest BCUT2D eigenvalue weighted by Gasteiger charge is -2.12. The number of amides is 1. The molecule has 0 aliphatic heterocycles. The third kappa shape index (κ3) is 3.53. The molecule has 0 bridgehead atoms. The second-order valence-corrected chi connectivity index (χ2v) is 5.50. The fraction of sp³-hybridized carbons (Fsp3) is 0. The molecule has 0 aliphatic rings. The van der Waals surface area contributed by atoms with Crippen molar-refractivity contribution in [3.05, 3.63) is 57.0 Å². The Morgan fingerprint density at radius 2 is 1.86 bits per heavy atom. The number of primary amides is 1. The molecule has 2 aromatic carbocycles. The number of hydrogen-bond donors (Lipinski definition) is 3. The summed E-state index contributed by atoms with van der Waals surface area (Å²) in [5.74, 6) is -1.65. The summed E-state index contributed by atoms with van der Waals surface area (Å²) in [4.78, 5) is 22.3. The molecule has 108 valence electrons. The number of carboxylic acid groups (broad SMARTS) is 1.